The van der Waals surface area contributed by atoms with Gasteiger partial charge in [0.15, 0.2) is 0 Å². The largest absolute Gasteiger partial charge is 0.376 e. The van der Waals surface area contributed by atoms with E-state index in [9.17, 15) is 0 Å². The summed E-state index contributed by atoms with van der Waals surface area (Å²) in [5.41, 5.74) is 21.6. The first kappa shape index (κ1) is 43.4. The van der Waals surface area contributed by atoms with Gasteiger partial charge >= 0.3 is 6.85 Å². The maximum absolute atomic E-state index is 2.77. The van der Waals surface area contributed by atoms with Crippen LogP contribution in [0.5, 0.6) is 0 Å². The minimum Gasteiger partial charge on any atom is -0.376 e. The average Bonchev–Trinajstić information content (AvgIpc) is 4.04. The number of hydrogen-bond acceptors (Lipinski definition) is 3. The summed E-state index contributed by atoms with van der Waals surface area (Å²) in [5.74, 6) is 0. The number of benzene rings is 8. The van der Waals surface area contributed by atoms with Crippen LogP contribution in [0.15, 0.2) is 152 Å². The van der Waals surface area contributed by atoms with Gasteiger partial charge in [-0.05, 0) is 139 Å². The lowest BCUT2D eigenvalue weighted by Gasteiger charge is -2.43. The zero-order valence-electron chi connectivity index (χ0n) is 42.6. The Kier molecular flexibility index (Phi) is 8.93. The molecular formula is C66H59BN2S2. The molecule has 0 N–H and O–H groups in total. The van der Waals surface area contributed by atoms with Gasteiger partial charge in [0.2, 0.25) is 0 Å². The molecule has 5 heterocycles. The monoisotopic (exact) mass is 954 g/mol. The van der Waals surface area contributed by atoms with Crippen molar-refractivity contribution in [2.24, 2.45) is 0 Å². The molecule has 2 nitrogen and oxygen atoms in total. The molecule has 0 radical (unpaired) electrons. The SMILES string of the molecule is CC(C)(C)c1ccc(N2B3c4cc5sc(-c6ccccc6)c(-c6ccccc6)c5cc4-n4c5cc6c(cc5c5c7sc8ccccc8c7c(c3c54)-c3cc(C(C)(C)C)ccc32)C(C)(C)CCC6(C)C)cc1. The summed E-state index contributed by atoms with van der Waals surface area (Å²) in [7, 11) is 0. The standard InChI is InChI=1S/C66H59BN2S2/c1-63(2,3)40-25-28-42(29-26-40)69-50-30-27-41(64(4,5)6)33-44(50)56-57-43-23-17-18-24-53(43)70-62(57)58-45-34-47-48(66(9,10)32-31-65(47,7)8)36-51(45)68-52-35-46-54(37-49(52)67(69)59(56)60(58)68)71-61(39-21-15-12-16-22-39)55(46)38-19-13-11-14-20-38/h11-30,33-37H,31-32H2,1-10H3. The molecule has 3 aliphatic rings. The second kappa shape index (κ2) is 14.6. The van der Waals surface area contributed by atoms with Crippen LogP contribution in [-0.4, -0.2) is 11.4 Å². The Morgan fingerprint density at radius 1 is 0.521 bits per heavy atom. The van der Waals surface area contributed by atoms with Crippen LogP contribution in [0.1, 0.15) is 104 Å². The van der Waals surface area contributed by atoms with Crippen LogP contribution in [0, 0.1) is 0 Å². The van der Waals surface area contributed by atoms with Crippen molar-refractivity contribution in [1.82, 2.24) is 4.57 Å². The number of anilines is 2. The summed E-state index contributed by atoms with van der Waals surface area (Å²) < 4.78 is 6.84. The molecule has 14 rings (SSSR count). The molecule has 0 spiro atoms. The van der Waals surface area contributed by atoms with Crippen LogP contribution in [0.3, 0.4) is 0 Å². The Bertz CT molecular complexity index is 4060. The summed E-state index contributed by atoms with van der Waals surface area (Å²) in [5, 5.41) is 6.86. The summed E-state index contributed by atoms with van der Waals surface area (Å²) in [6.45, 7) is 23.9. The van der Waals surface area contributed by atoms with Gasteiger partial charge in [-0.1, -0.05) is 166 Å². The predicted molar refractivity (Wildman–Crippen MR) is 312 cm³/mol. The number of hydrogen-bond donors (Lipinski definition) is 0. The van der Waals surface area contributed by atoms with Crippen LogP contribution >= 0.6 is 22.7 Å². The molecule has 5 heteroatoms. The summed E-state index contributed by atoms with van der Waals surface area (Å²) >= 11 is 3.95. The molecule has 0 saturated heterocycles. The minimum absolute atomic E-state index is 0.0304. The highest BCUT2D eigenvalue weighted by Gasteiger charge is 2.47. The first-order chi connectivity index (χ1) is 34.0. The molecular weight excluding hydrogens is 896 g/mol. The van der Waals surface area contributed by atoms with Gasteiger partial charge in [-0.25, -0.2) is 0 Å². The second-order valence-corrected chi connectivity index (χ2v) is 26.4. The molecule has 3 aromatic heterocycles. The smallest absolute Gasteiger partial charge is 0.333 e. The van der Waals surface area contributed by atoms with E-state index in [2.05, 4.69) is 230 Å². The number of aromatic nitrogens is 1. The van der Waals surface area contributed by atoms with E-state index in [-0.39, 0.29) is 28.5 Å². The van der Waals surface area contributed by atoms with Gasteiger partial charge < -0.3 is 9.38 Å². The third-order valence-corrected chi connectivity index (χ3v) is 19.3. The van der Waals surface area contributed by atoms with Gasteiger partial charge in [0.25, 0.3) is 0 Å². The summed E-state index contributed by atoms with van der Waals surface area (Å²) in [6.07, 6.45) is 2.34. The zero-order chi connectivity index (χ0) is 48.7. The van der Waals surface area contributed by atoms with Gasteiger partial charge in [0.05, 0.1) is 11.0 Å². The van der Waals surface area contributed by atoms with E-state index in [0.29, 0.717) is 0 Å². The van der Waals surface area contributed by atoms with Crippen molar-refractivity contribution in [3.63, 3.8) is 0 Å². The zero-order valence-corrected chi connectivity index (χ0v) is 44.3. The number of nitrogens with zero attached hydrogens (tertiary/aromatic N) is 2. The quantitative estimate of drug-likeness (QED) is 0.160. The lowest BCUT2D eigenvalue weighted by atomic mass is 9.43. The molecule has 1 aliphatic carbocycles. The van der Waals surface area contributed by atoms with E-state index < -0.39 is 0 Å². The van der Waals surface area contributed by atoms with Crippen LogP contribution in [0.4, 0.5) is 11.4 Å². The molecule has 8 aromatic carbocycles. The van der Waals surface area contributed by atoms with Gasteiger partial charge in [0.1, 0.15) is 0 Å². The molecule has 11 aromatic rings. The van der Waals surface area contributed by atoms with Crippen molar-refractivity contribution in [1.29, 1.82) is 0 Å². The van der Waals surface area contributed by atoms with Crippen LogP contribution in [0.25, 0.3) is 90.4 Å². The van der Waals surface area contributed by atoms with E-state index in [0.717, 1.165) is 0 Å². The van der Waals surface area contributed by atoms with Crippen molar-refractivity contribution in [3.05, 3.63) is 174 Å². The van der Waals surface area contributed by atoms with Crippen LogP contribution in [-0.2, 0) is 21.7 Å². The van der Waals surface area contributed by atoms with Crippen molar-refractivity contribution in [2.75, 3.05) is 4.81 Å². The minimum atomic E-state index is -0.106. The Balaban J connectivity index is 1.23. The number of thiophene rings is 2. The van der Waals surface area contributed by atoms with Crippen molar-refractivity contribution < 1.29 is 0 Å². The Morgan fingerprint density at radius 2 is 1.15 bits per heavy atom. The fourth-order valence-electron chi connectivity index (χ4n) is 13.0. The first-order valence-electron chi connectivity index (χ1n) is 25.7. The average molecular weight is 955 g/mol. The lowest BCUT2D eigenvalue weighted by molar-refractivity contribution is 0.332. The van der Waals surface area contributed by atoms with E-state index in [1.54, 1.807) is 0 Å². The first-order valence-corrected chi connectivity index (χ1v) is 27.4. The van der Waals surface area contributed by atoms with Gasteiger partial charge in [0, 0.05) is 74.1 Å². The van der Waals surface area contributed by atoms with Crippen molar-refractivity contribution >= 4 is 104 Å². The fourth-order valence-corrected chi connectivity index (χ4v) is 15.5. The maximum atomic E-state index is 2.77. The molecule has 0 amide bonds. The number of rotatable bonds is 3. The van der Waals surface area contributed by atoms with E-state index in [1.165, 1.54) is 148 Å². The lowest BCUT2D eigenvalue weighted by Crippen LogP contribution is -2.60. The third-order valence-electron chi connectivity index (χ3n) is 16.9. The maximum Gasteiger partial charge on any atom is 0.333 e. The van der Waals surface area contributed by atoms with Gasteiger partial charge in [-0.2, -0.15) is 0 Å². The Hall–Kier alpha value is -6.40. The molecule has 0 bridgehead atoms. The molecule has 0 fully saturated rings. The Labute approximate surface area is 426 Å². The fraction of sp³-hybridized carbons (Fsp3) is 0.242. The molecule has 0 saturated carbocycles. The van der Waals surface area contributed by atoms with Gasteiger partial charge in [-0.15, -0.1) is 22.7 Å². The highest BCUT2D eigenvalue weighted by molar-refractivity contribution is 7.27. The molecule has 71 heavy (non-hydrogen) atoms. The van der Waals surface area contributed by atoms with Crippen molar-refractivity contribution in [2.45, 2.75) is 104 Å². The molecule has 0 unspecified atom stereocenters. The van der Waals surface area contributed by atoms with E-state index >= 15 is 0 Å². The van der Waals surface area contributed by atoms with Crippen LogP contribution < -0.4 is 15.7 Å². The highest BCUT2D eigenvalue weighted by Crippen LogP contribution is 2.56. The van der Waals surface area contributed by atoms with Crippen LogP contribution in [0.2, 0.25) is 0 Å². The Morgan fingerprint density at radius 3 is 1.85 bits per heavy atom. The van der Waals surface area contributed by atoms with E-state index in [1.807, 2.05) is 22.7 Å². The van der Waals surface area contributed by atoms with Crippen molar-refractivity contribution in [3.8, 4) is 38.4 Å². The third kappa shape index (κ3) is 6.12. The molecule has 348 valence electrons. The van der Waals surface area contributed by atoms with Gasteiger partial charge in [-0.3, -0.25) is 0 Å². The van der Waals surface area contributed by atoms with E-state index in [4.69, 9.17) is 0 Å². The molecule has 0 atom stereocenters. The normalized spacial score (nSPS) is 15.8. The topological polar surface area (TPSA) is 8.17 Å². The summed E-state index contributed by atoms with van der Waals surface area (Å²) in [6, 6.07) is 59.1. The summed E-state index contributed by atoms with van der Waals surface area (Å²) in [4.78, 5) is 4.06. The second-order valence-electron chi connectivity index (χ2n) is 24.3. The number of fused-ring (bicyclic) bond motifs is 15. The predicted octanol–water partition coefficient (Wildman–Crippen LogP) is 17.9. The molecule has 2 aliphatic heterocycles. The highest BCUT2D eigenvalue weighted by atomic mass is 32.1.